The molecule has 0 aliphatic rings. The lowest BCUT2D eigenvalue weighted by Gasteiger charge is -2.30. The Labute approximate surface area is 212 Å². The molecular weight excluding hydrogens is 456 g/mol. The standard InChI is InChI=1S/C29H36N2O5/c1-20(2)18-31(19-22-11-12-26-23(15-22)13-14-35-26)27(33)25(30-28(34)36-29(3,4)5)17-24(32)16-21-9-7-6-8-10-21/h6-15,20,25H,16-19H2,1-5H3,(H,30,34). The van der Waals surface area contributed by atoms with Crippen LogP contribution in [0.25, 0.3) is 11.0 Å². The van der Waals surface area contributed by atoms with Gasteiger partial charge in [-0.2, -0.15) is 0 Å². The molecule has 3 aromatic rings. The fourth-order valence-corrected chi connectivity index (χ4v) is 4.00. The minimum absolute atomic E-state index is 0.123. The van der Waals surface area contributed by atoms with Gasteiger partial charge in [-0.1, -0.05) is 50.2 Å². The number of carbonyl (C=O) groups is 3. The van der Waals surface area contributed by atoms with Crippen molar-refractivity contribution in [3.05, 3.63) is 72.0 Å². The van der Waals surface area contributed by atoms with Gasteiger partial charge >= 0.3 is 6.09 Å². The van der Waals surface area contributed by atoms with Crippen LogP contribution >= 0.6 is 0 Å². The van der Waals surface area contributed by atoms with E-state index in [1.54, 1.807) is 31.9 Å². The van der Waals surface area contributed by atoms with Crippen molar-refractivity contribution in [2.24, 2.45) is 5.92 Å². The molecule has 0 saturated heterocycles. The SMILES string of the molecule is CC(C)CN(Cc1ccc2occc2c1)C(=O)C(CC(=O)Cc1ccccc1)NC(=O)OC(C)(C)C. The summed E-state index contributed by atoms with van der Waals surface area (Å²) in [6.07, 6.45) is 0.965. The summed E-state index contributed by atoms with van der Waals surface area (Å²) >= 11 is 0. The number of furan rings is 1. The van der Waals surface area contributed by atoms with Crippen molar-refractivity contribution in [2.45, 2.75) is 65.6 Å². The summed E-state index contributed by atoms with van der Waals surface area (Å²) in [5.74, 6) is -0.267. The highest BCUT2D eigenvalue weighted by Crippen LogP contribution is 2.19. The first kappa shape index (κ1) is 27.0. The number of carbonyl (C=O) groups excluding carboxylic acids is 3. The Morgan fingerprint density at radius 2 is 1.72 bits per heavy atom. The average Bonchev–Trinajstić information content (AvgIpc) is 3.24. The molecule has 1 unspecified atom stereocenters. The molecule has 3 rings (SSSR count). The van der Waals surface area contributed by atoms with Crippen LogP contribution in [-0.2, 0) is 27.3 Å². The molecule has 0 bridgehead atoms. The number of rotatable bonds is 10. The van der Waals surface area contributed by atoms with Gasteiger partial charge in [0.15, 0.2) is 0 Å². The number of hydrogen-bond donors (Lipinski definition) is 1. The molecular formula is C29H36N2O5. The van der Waals surface area contributed by atoms with E-state index in [-0.39, 0.29) is 30.4 Å². The van der Waals surface area contributed by atoms with Crippen molar-refractivity contribution in [1.29, 1.82) is 0 Å². The van der Waals surface area contributed by atoms with E-state index in [2.05, 4.69) is 5.32 Å². The highest BCUT2D eigenvalue weighted by molar-refractivity contribution is 5.92. The highest BCUT2D eigenvalue weighted by atomic mass is 16.6. The van der Waals surface area contributed by atoms with E-state index in [0.717, 1.165) is 22.1 Å². The van der Waals surface area contributed by atoms with Gasteiger partial charge in [0, 0.05) is 31.3 Å². The number of ether oxygens (including phenoxy) is 1. The van der Waals surface area contributed by atoms with E-state index >= 15 is 0 Å². The molecule has 7 heteroatoms. The lowest BCUT2D eigenvalue weighted by Crippen LogP contribution is -2.51. The van der Waals surface area contributed by atoms with Crippen LogP contribution in [0.15, 0.2) is 65.3 Å². The molecule has 2 amide bonds. The van der Waals surface area contributed by atoms with Crippen molar-refractivity contribution in [2.75, 3.05) is 6.54 Å². The van der Waals surface area contributed by atoms with Gasteiger partial charge in [-0.05, 0) is 56.0 Å². The van der Waals surface area contributed by atoms with Crippen LogP contribution in [0.4, 0.5) is 4.79 Å². The summed E-state index contributed by atoms with van der Waals surface area (Å²) in [5.41, 5.74) is 1.84. The van der Waals surface area contributed by atoms with Crippen LogP contribution in [0.5, 0.6) is 0 Å². The maximum absolute atomic E-state index is 13.8. The van der Waals surface area contributed by atoms with Gasteiger partial charge < -0.3 is 19.4 Å². The Balaban J connectivity index is 1.82. The zero-order valence-electron chi connectivity index (χ0n) is 21.7. The third kappa shape index (κ3) is 8.26. The normalized spacial score (nSPS) is 12.4. The molecule has 1 heterocycles. The largest absolute Gasteiger partial charge is 0.464 e. The Bertz CT molecular complexity index is 1180. The van der Waals surface area contributed by atoms with E-state index < -0.39 is 17.7 Å². The third-order valence-electron chi connectivity index (χ3n) is 5.45. The Morgan fingerprint density at radius 3 is 2.39 bits per heavy atom. The first-order chi connectivity index (χ1) is 17.0. The molecule has 0 fully saturated rings. The summed E-state index contributed by atoms with van der Waals surface area (Å²) in [4.78, 5) is 41.0. The molecule has 0 radical (unpaired) electrons. The van der Waals surface area contributed by atoms with Crippen LogP contribution in [0.3, 0.4) is 0 Å². The van der Waals surface area contributed by atoms with E-state index in [1.807, 2.05) is 68.4 Å². The van der Waals surface area contributed by atoms with Crippen molar-refractivity contribution in [1.82, 2.24) is 10.2 Å². The molecule has 7 nitrogen and oxygen atoms in total. The molecule has 1 atom stereocenters. The van der Waals surface area contributed by atoms with Crippen molar-refractivity contribution in [3.63, 3.8) is 0 Å². The summed E-state index contributed by atoms with van der Waals surface area (Å²) in [5, 5.41) is 3.62. The molecule has 36 heavy (non-hydrogen) atoms. The van der Waals surface area contributed by atoms with Crippen molar-refractivity contribution < 1.29 is 23.5 Å². The Hall–Kier alpha value is -3.61. The average molecular weight is 493 g/mol. The first-order valence-electron chi connectivity index (χ1n) is 12.3. The lowest BCUT2D eigenvalue weighted by atomic mass is 10.0. The maximum Gasteiger partial charge on any atom is 0.408 e. The molecule has 192 valence electrons. The molecule has 0 aliphatic carbocycles. The Morgan fingerprint density at radius 1 is 1.00 bits per heavy atom. The van der Waals surface area contributed by atoms with Crippen LogP contribution < -0.4 is 5.32 Å². The molecule has 1 aromatic heterocycles. The number of fused-ring (bicyclic) bond motifs is 1. The number of amides is 2. The number of benzene rings is 2. The number of nitrogens with zero attached hydrogens (tertiary/aromatic N) is 1. The van der Waals surface area contributed by atoms with E-state index in [4.69, 9.17) is 9.15 Å². The van der Waals surface area contributed by atoms with Gasteiger partial charge in [-0.3, -0.25) is 9.59 Å². The molecule has 1 N–H and O–H groups in total. The smallest absolute Gasteiger partial charge is 0.408 e. The summed E-state index contributed by atoms with van der Waals surface area (Å²) in [6, 6.07) is 16.0. The minimum Gasteiger partial charge on any atom is -0.464 e. The van der Waals surface area contributed by atoms with Gasteiger partial charge in [0.1, 0.15) is 23.0 Å². The third-order valence-corrected chi connectivity index (χ3v) is 5.45. The van der Waals surface area contributed by atoms with Crippen LogP contribution in [0, 0.1) is 5.92 Å². The van der Waals surface area contributed by atoms with Crippen molar-refractivity contribution in [3.8, 4) is 0 Å². The highest BCUT2D eigenvalue weighted by Gasteiger charge is 2.30. The van der Waals surface area contributed by atoms with Gasteiger partial charge in [0.25, 0.3) is 0 Å². The fraction of sp³-hybridized carbons (Fsp3) is 0.414. The zero-order valence-corrected chi connectivity index (χ0v) is 21.7. The van der Waals surface area contributed by atoms with E-state index in [9.17, 15) is 14.4 Å². The number of Topliss-reactive ketones (excluding diaryl/α,β-unsaturated/α-hetero) is 1. The second kappa shape index (κ2) is 11.9. The monoisotopic (exact) mass is 492 g/mol. The van der Waals surface area contributed by atoms with Gasteiger partial charge in [-0.15, -0.1) is 0 Å². The fourth-order valence-electron chi connectivity index (χ4n) is 4.00. The molecule has 0 spiro atoms. The number of hydrogen-bond acceptors (Lipinski definition) is 5. The van der Waals surface area contributed by atoms with E-state index in [0.29, 0.717) is 13.1 Å². The molecule has 0 saturated carbocycles. The quantitative estimate of drug-likeness (QED) is 0.403. The predicted octanol–water partition coefficient (Wildman–Crippen LogP) is 5.51. The zero-order chi connectivity index (χ0) is 26.3. The van der Waals surface area contributed by atoms with E-state index in [1.165, 1.54) is 0 Å². The van der Waals surface area contributed by atoms with Crippen LogP contribution in [0.1, 0.15) is 52.2 Å². The lowest BCUT2D eigenvalue weighted by molar-refractivity contribution is -0.136. The maximum atomic E-state index is 13.8. The topological polar surface area (TPSA) is 88.9 Å². The number of alkyl carbamates (subject to hydrolysis) is 1. The van der Waals surface area contributed by atoms with Crippen molar-refractivity contribution >= 4 is 28.8 Å². The number of nitrogens with one attached hydrogen (secondary N) is 1. The molecule has 0 aliphatic heterocycles. The van der Waals surface area contributed by atoms with Gasteiger partial charge in [0.2, 0.25) is 5.91 Å². The van der Waals surface area contributed by atoms with Crippen LogP contribution in [0.2, 0.25) is 0 Å². The summed E-state index contributed by atoms with van der Waals surface area (Å²) in [6.45, 7) is 10.1. The minimum atomic E-state index is -1.03. The molecule has 2 aromatic carbocycles. The summed E-state index contributed by atoms with van der Waals surface area (Å²) in [7, 11) is 0. The first-order valence-corrected chi connectivity index (χ1v) is 12.3. The van der Waals surface area contributed by atoms with Crippen LogP contribution in [-0.4, -0.2) is 40.9 Å². The van der Waals surface area contributed by atoms with Gasteiger partial charge in [-0.25, -0.2) is 4.79 Å². The Kier molecular flexibility index (Phi) is 8.91. The number of ketones is 1. The second-order valence-corrected chi connectivity index (χ2v) is 10.5. The predicted molar refractivity (Wildman–Crippen MR) is 139 cm³/mol. The second-order valence-electron chi connectivity index (χ2n) is 10.5. The van der Waals surface area contributed by atoms with Gasteiger partial charge in [0.05, 0.1) is 6.26 Å². The summed E-state index contributed by atoms with van der Waals surface area (Å²) < 4.78 is 10.8.